The highest BCUT2D eigenvalue weighted by molar-refractivity contribution is 6.08. The van der Waals surface area contributed by atoms with Gasteiger partial charge in [-0.05, 0) is 55.3 Å². The number of benzene rings is 3. The van der Waals surface area contributed by atoms with Gasteiger partial charge in [0, 0.05) is 28.8 Å². The Kier molecular flexibility index (Phi) is 5.88. The Hall–Kier alpha value is -4.52. The van der Waals surface area contributed by atoms with Crippen molar-refractivity contribution in [2.75, 3.05) is 5.32 Å². The van der Waals surface area contributed by atoms with E-state index in [1.54, 1.807) is 24.4 Å². The van der Waals surface area contributed by atoms with E-state index < -0.39 is 5.97 Å². The molecule has 6 rings (SSSR count). The lowest BCUT2D eigenvalue weighted by Gasteiger charge is -2.25. The molecule has 0 atom stereocenters. The van der Waals surface area contributed by atoms with E-state index in [4.69, 9.17) is 4.98 Å². The average Bonchev–Trinajstić information content (AvgIpc) is 3.33. The fourth-order valence-electron chi connectivity index (χ4n) is 5.34. The first-order valence-electron chi connectivity index (χ1n) is 12.6. The van der Waals surface area contributed by atoms with Crippen molar-refractivity contribution >= 4 is 39.5 Å². The first-order valence-corrected chi connectivity index (χ1v) is 12.6. The van der Waals surface area contributed by atoms with Gasteiger partial charge in [0.2, 0.25) is 0 Å². The molecule has 2 aromatic heterocycles. The van der Waals surface area contributed by atoms with Crippen molar-refractivity contribution in [1.82, 2.24) is 14.5 Å². The minimum absolute atomic E-state index is 0.212. The van der Waals surface area contributed by atoms with Gasteiger partial charge in [0.15, 0.2) is 0 Å². The number of carboxylic acid groups (broad SMARTS) is 1. The van der Waals surface area contributed by atoms with Gasteiger partial charge >= 0.3 is 5.97 Å². The normalized spacial score (nSPS) is 14.2. The van der Waals surface area contributed by atoms with Crippen molar-refractivity contribution in [3.05, 3.63) is 90.1 Å². The fourth-order valence-corrected chi connectivity index (χ4v) is 5.34. The van der Waals surface area contributed by atoms with Crippen LogP contribution >= 0.6 is 0 Å². The zero-order valence-corrected chi connectivity index (χ0v) is 20.2. The van der Waals surface area contributed by atoms with E-state index in [-0.39, 0.29) is 17.5 Å². The molecule has 5 aromatic rings. The van der Waals surface area contributed by atoms with Crippen LogP contribution in [0.15, 0.2) is 79.0 Å². The average molecular weight is 491 g/mol. The number of pyridine rings is 1. The van der Waals surface area contributed by atoms with Crippen LogP contribution in [0.1, 0.15) is 58.9 Å². The number of nitrogens with one attached hydrogen (secondary N) is 1. The zero-order valence-electron chi connectivity index (χ0n) is 20.2. The van der Waals surface area contributed by atoms with E-state index in [9.17, 15) is 14.7 Å². The molecule has 0 unspecified atom stereocenters. The molecule has 1 saturated carbocycles. The number of hydrogen-bond donors (Lipinski definition) is 2. The first-order chi connectivity index (χ1) is 18.1. The summed E-state index contributed by atoms with van der Waals surface area (Å²) in [6.45, 7) is 0. The Bertz CT molecular complexity index is 1640. The van der Waals surface area contributed by atoms with E-state index in [1.165, 1.54) is 6.42 Å². The van der Waals surface area contributed by atoms with Gasteiger partial charge in [-0.1, -0.05) is 49.6 Å². The van der Waals surface area contributed by atoms with Gasteiger partial charge < -0.3 is 15.0 Å². The SMILES string of the molecule is O=C(O)c1ccc2c(c1)nc(-c1cccc(C(=O)Nc3cccc4cccnc34)c1)n2C1CCCCC1. The van der Waals surface area contributed by atoms with Crippen LogP contribution in [-0.4, -0.2) is 31.5 Å². The summed E-state index contributed by atoms with van der Waals surface area (Å²) in [6.07, 6.45) is 7.34. The van der Waals surface area contributed by atoms with Gasteiger partial charge in [0.25, 0.3) is 5.91 Å². The number of carboxylic acids is 1. The van der Waals surface area contributed by atoms with Crippen molar-refractivity contribution < 1.29 is 14.7 Å². The maximum Gasteiger partial charge on any atom is 0.335 e. The second-order valence-electron chi connectivity index (χ2n) is 9.52. The minimum Gasteiger partial charge on any atom is -0.478 e. The predicted molar refractivity (Wildman–Crippen MR) is 144 cm³/mol. The summed E-state index contributed by atoms with van der Waals surface area (Å²) in [5, 5.41) is 13.5. The molecular weight excluding hydrogens is 464 g/mol. The molecule has 1 fully saturated rings. The highest BCUT2D eigenvalue weighted by Crippen LogP contribution is 2.36. The molecule has 0 aliphatic heterocycles. The smallest absolute Gasteiger partial charge is 0.335 e. The number of fused-ring (bicyclic) bond motifs is 2. The molecule has 184 valence electrons. The van der Waals surface area contributed by atoms with Gasteiger partial charge in [-0.25, -0.2) is 9.78 Å². The Balaban J connectivity index is 1.40. The number of para-hydroxylation sites is 1. The van der Waals surface area contributed by atoms with Gasteiger partial charge in [-0.2, -0.15) is 0 Å². The van der Waals surface area contributed by atoms with Crippen molar-refractivity contribution in [2.45, 2.75) is 38.1 Å². The summed E-state index contributed by atoms with van der Waals surface area (Å²) in [4.78, 5) is 34.2. The number of nitrogens with zero attached hydrogens (tertiary/aromatic N) is 3. The van der Waals surface area contributed by atoms with E-state index in [0.717, 1.165) is 53.5 Å². The van der Waals surface area contributed by atoms with E-state index in [1.807, 2.05) is 54.6 Å². The standard InChI is InChI=1S/C30H26N4O3/c35-29(33-24-13-5-7-19-10-6-16-31-27(19)24)21-9-4-8-20(17-21)28-32-25-18-22(30(36)37)14-15-26(25)34(28)23-11-2-1-3-12-23/h4-10,13-18,23H,1-3,11-12H2,(H,33,35)(H,36,37). The molecule has 0 radical (unpaired) electrons. The molecule has 0 spiro atoms. The Morgan fingerprint density at radius 2 is 1.70 bits per heavy atom. The van der Waals surface area contributed by atoms with Gasteiger partial charge in [0.05, 0.1) is 27.8 Å². The third kappa shape index (κ3) is 4.33. The highest BCUT2D eigenvalue weighted by atomic mass is 16.4. The summed E-state index contributed by atoms with van der Waals surface area (Å²) in [5.41, 5.74) is 4.51. The van der Waals surface area contributed by atoms with Crippen LogP contribution in [0.2, 0.25) is 0 Å². The third-order valence-corrected chi connectivity index (χ3v) is 7.14. The van der Waals surface area contributed by atoms with E-state index >= 15 is 0 Å². The number of hydrogen-bond acceptors (Lipinski definition) is 4. The molecule has 2 N–H and O–H groups in total. The molecule has 1 aliphatic rings. The monoisotopic (exact) mass is 490 g/mol. The summed E-state index contributed by atoms with van der Waals surface area (Å²) in [7, 11) is 0. The lowest BCUT2D eigenvalue weighted by molar-refractivity contribution is 0.0696. The van der Waals surface area contributed by atoms with Crippen molar-refractivity contribution in [2.24, 2.45) is 0 Å². The van der Waals surface area contributed by atoms with Crippen molar-refractivity contribution in [1.29, 1.82) is 0 Å². The Morgan fingerprint density at radius 3 is 2.54 bits per heavy atom. The van der Waals surface area contributed by atoms with Crippen LogP contribution in [0.4, 0.5) is 5.69 Å². The number of imidazole rings is 1. The number of anilines is 1. The molecule has 1 aliphatic carbocycles. The highest BCUT2D eigenvalue weighted by Gasteiger charge is 2.23. The molecule has 7 nitrogen and oxygen atoms in total. The predicted octanol–water partition coefficient (Wildman–Crippen LogP) is 6.71. The van der Waals surface area contributed by atoms with Crippen LogP contribution in [0.25, 0.3) is 33.3 Å². The lowest BCUT2D eigenvalue weighted by Crippen LogP contribution is -2.15. The molecule has 0 bridgehead atoms. The van der Waals surface area contributed by atoms with Gasteiger partial charge in [-0.3, -0.25) is 9.78 Å². The van der Waals surface area contributed by atoms with Crippen LogP contribution in [0.5, 0.6) is 0 Å². The van der Waals surface area contributed by atoms with Crippen molar-refractivity contribution in [3.63, 3.8) is 0 Å². The van der Waals surface area contributed by atoms with Crippen LogP contribution in [0, 0.1) is 0 Å². The summed E-state index contributed by atoms with van der Waals surface area (Å²) < 4.78 is 2.24. The topological polar surface area (TPSA) is 97.1 Å². The molecule has 1 amide bonds. The van der Waals surface area contributed by atoms with Gasteiger partial charge in [-0.15, -0.1) is 0 Å². The largest absolute Gasteiger partial charge is 0.478 e. The molecular formula is C30H26N4O3. The number of aromatic carboxylic acids is 1. The maximum atomic E-state index is 13.3. The number of carbonyl (C=O) groups is 2. The van der Waals surface area contributed by atoms with Crippen LogP contribution in [-0.2, 0) is 0 Å². The number of amides is 1. The summed E-state index contributed by atoms with van der Waals surface area (Å²) >= 11 is 0. The second-order valence-corrected chi connectivity index (χ2v) is 9.52. The third-order valence-electron chi connectivity index (χ3n) is 7.14. The van der Waals surface area contributed by atoms with Crippen LogP contribution in [0.3, 0.4) is 0 Å². The number of aromatic nitrogens is 3. The zero-order chi connectivity index (χ0) is 25.4. The van der Waals surface area contributed by atoms with Crippen molar-refractivity contribution in [3.8, 4) is 11.4 Å². The molecule has 7 heteroatoms. The molecule has 0 saturated heterocycles. The first kappa shape index (κ1) is 22.9. The van der Waals surface area contributed by atoms with Gasteiger partial charge in [0.1, 0.15) is 5.82 Å². The Labute approximate surface area is 213 Å². The summed E-state index contributed by atoms with van der Waals surface area (Å²) in [5.74, 6) is -0.448. The summed E-state index contributed by atoms with van der Waals surface area (Å²) in [6, 6.07) is 22.4. The number of rotatable bonds is 5. The second kappa shape index (κ2) is 9.50. The maximum absolute atomic E-state index is 13.3. The molecule has 3 aromatic carbocycles. The van der Waals surface area contributed by atoms with Crippen LogP contribution < -0.4 is 5.32 Å². The Morgan fingerprint density at radius 1 is 0.892 bits per heavy atom. The quantitative estimate of drug-likeness (QED) is 0.285. The van der Waals surface area contributed by atoms with E-state index in [2.05, 4.69) is 14.9 Å². The molecule has 2 heterocycles. The minimum atomic E-state index is -0.975. The fraction of sp³-hybridized carbons (Fsp3) is 0.200. The molecule has 37 heavy (non-hydrogen) atoms. The number of carbonyl (C=O) groups excluding carboxylic acids is 1. The van der Waals surface area contributed by atoms with E-state index in [0.29, 0.717) is 16.8 Å². The lowest BCUT2D eigenvalue weighted by atomic mass is 9.94.